The zero-order valence-corrected chi connectivity index (χ0v) is 18.1. The largest absolute Gasteiger partial charge is 0.378 e. The number of carbonyl (C=O) groups is 1. The molecule has 0 fully saturated rings. The third kappa shape index (κ3) is 5.38. The minimum atomic E-state index is -2.66. The Morgan fingerprint density at radius 3 is 2.55 bits per heavy atom. The molecule has 33 heavy (non-hydrogen) atoms. The van der Waals surface area contributed by atoms with Crippen molar-refractivity contribution in [2.24, 2.45) is 0 Å². The third-order valence-electron chi connectivity index (χ3n) is 5.01. The molecule has 2 aromatic carbocycles. The summed E-state index contributed by atoms with van der Waals surface area (Å²) in [7, 11) is 0. The van der Waals surface area contributed by atoms with Crippen LogP contribution in [0, 0.1) is 13.8 Å². The summed E-state index contributed by atoms with van der Waals surface area (Å²) in [4.78, 5) is 24.9. The molecule has 0 aliphatic rings. The Morgan fingerprint density at radius 1 is 1.06 bits per heavy atom. The Balaban J connectivity index is 1.56. The van der Waals surface area contributed by atoms with Gasteiger partial charge in [-0.3, -0.25) is 4.79 Å². The first-order chi connectivity index (χ1) is 15.9. The van der Waals surface area contributed by atoms with Gasteiger partial charge in [-0.25, -0.2) is 23.7 Å². The van der Waals surface area contributed by atoms with Crippen molar-refractivity contribution in [2.45, 2.75) is 26.8 Å². The molecule has 0 unspecified atom stereocenters. The number of anilines is 2. The SMILES string of the molecule is Cc1cc(NC(=O)c2ccc(C(F)F)c(CNc3cncnc3)c2)cc(-n2cnc(C)c2)c1. The minimum Gasteiger partial charge on any atom is -0.378 e. The van der Waals surface area contributed by atoms with Crippen molar-refractivity contribution in [1.82, 2.24) is 19.5 Å². The number of benzene rings is 2. The minimum absolute atomic E-state index is 0.0999. The van der Waals surface area contributed by atoms with Crippen molar-refractivity contribution in [2.75, 3.05) is 10.6 Å². The van der Waals surface area contributed by atoms with Gasteiger partial charge in [0.1, 0.15) is 6.33 Å². The number of nitrogens with one attached hydrogen (secondary N) is 2. The smallest absolute Gasteiger partial charge is 0.264 e. The highest BCUT2D eigenvalue weighted by molar-refractivity contribution is 6.04. The fourth-order valence-corrected chi connectivity index (χ4v) is 3.45. The van der Waals surface area contributed by atoms with Gasteiger partial charge in [0.25, 0.3) is 12.3 Å². The van der Waals surface area contributed by atoms with Crippen LogP contribution in [0.4, 0.5) is 20.2 Å². The van der Waals surface area contributed by atoms with Crippen LogP contribution in [0.15, 0.2) is 67.6 Å². The van der Waals surface area contributed by atoms with E-state index in [1.807, 2.05) is 42.8 Å². The van der Waals surface area contributed by atoms with Crippen molar-refractivity contribution < 1.29 is 13.6 Å². The van der Waals surface area contributed by atoms with Crippen molar-refractivity contribution in [3.05, 3.63) is 95.6 Å². The molecule has 0 aliphatic carbocycles. The van der Waals surface area contributed by atoms with Gasteiger partial charge in [0.05, 0.1) is 30.1 Å². The maximum atomic E-state index is 13.5. The summed E-state index contributed by atoms with van der Waals surface area (Å²) in [5, 5.41) is 5.87. The number of amides is 1. The topological polar surface area (TPSA) is 84.7 Å². The van der Waals surface area contributed by atoms with Gasteiger partial charge in [-0.15, -0.1) is 0 Å². The highest BCUT2D eigenvalue weighted by Gasteiger charge is 2.16. The molecule has 2 heterocycles. The fraction of sp³-hybridized carbons (Fsp3) is 0.167. The van der Waals surface area contributed by atoms with Crippen LogP contribution in [0.3, 0.4) is 0 Å². The molecule has 168 valence electrons. The molecular formula is C24H22F2N6O. The quantitative estimate of drug-likeness (QED) is 0.412. The predicted molar refractivity (Wildman–Crippen MR) is 122 cm³/mol. The molecule has 2 aromatic heterocycles. The standard InChI is InChI=1S/C24H22F2N6O/c1-15-5-19(8-21(6-15)32-12-16(2)30-14-32)31-24(33)17-3-4-22(23(25)26)18(7-17)9-29-20-10-27-13-28-11-20/h3-8,10-14,23,29H,9H2,1-2H3,(H,31,33). The lowest BCUT2D eigenvalue weighted by Gasteiger charge is -2.14. The Bertz CT molecular complexity index is 1270. The van der Waals surface area contributed by atoms with Gasteiger partial charge in [0, 0.05) is 35.2 Å². The summed E-state index contributed by atoms with van der Waals surface area (Å²) in [6, 6.07) is 9.82. The van der Waals surface area contributed by atoms with Crippen molar-refractivity contribution in [1.29, 1.82) is 0 Å². The Hall–Kier alpha value is -4.14. The van der Waals surface area contributed by atoms with E-state index in [9.17, 15) is 13.6 Å². The summed E-state index contributed by atoms with van der Waals surface area (Å²) in [6.45, 7) is 3.93. The van der Waals surface area contributed by atoms with Crippen LogP contribution in [0.1, 0.15) is 39.2 Å². The summed E-state index contributed by atoms with van der Waals surface area (Å²) >= 11 is 0. The maximum Gasteiger partial charge on any atom is 0.264 e. The molecule has 0 atom stereocenters. The van der Waals surface area contributed by atoms with Crippen LogP contribution in [-0.2, 0) is 6.54 Å². The van der Waals surface area contributed by atoms with E-state index in [0.717, 1.165) is 16.9 Å². The normalized spacial score (nSPS) is 10.9. The summed E-state index contributed by atoms with van der Waals surface area (Å²) in [6.07, 6.45) is 5.40. The molecule has 2 N–H and O–H groups in total. The zero-order chi connectivity index (χ0) is 23.4. The maximum absolute atomic E-state index is 13.5. The average Bonchev–Trinajstić information content (AvgIpc) is 3.24. The molecule has 1 amide bonds. The molecule has 0 aliphatic heterocycles. The number of halogens is 2. The lowest BCUT2D eigenvalue weighted by Crippen LogP contribution is -2.14. The second-order valence-electron chi connectivity index (χ2n) is 7.63. The first-order valence-corrected chi connectivity index (χ1v) is 10.2. The second-order valence-corrected chi connectivity index (χ2v) is 7.63. The number of aryl methyl sites for hydroxylation is 2. The first-order valence-electron chi connectivity index (χ1n) is 10.2. The van der Waals surface area contributed by atoms with E-state index in [4.69, 9.17) is 0 Å². The average molecular weight is 448 g/mol. The number of hydrogen-bond acceptors (Lipinski definition) is 5. The van der Waals surface area contributed by atoms with Crippen LogP contribution < -0.4 is 10.6 Å². The van der Waals surface area contributed by atoms with Crippen LogP contribution in [-0.4, -0.2) is 25.4 Å². The van der Waals surface area contributed by atoms with Crippen molar-refractivity contribution in [3.8, 4) is 5.69 Å². The number of carbonyl (C=O) groups excluding carboxylic acids is 1. The summed E-state index contributed by atoms with van der Waals surface area (Å²) in [5.41, 5.74) is 4.34. The van der Waals surface area contributed by atoms with E-state index in [1.54, 1.807) is 18.7 Å². The number of nitrogens with zero attached hydrogens (tertiary/aromatic N) is 4. The molecule has 0 spiro atoms. The van der Waals surface area contributed by atoms with Crippen molar-refractivity contribution >= 4 is 17.3 Å². The number of hydrogen-bond donors (Lipinski definition) is 2. The highest BCUT2D eigenvalue weighted by atomic mass is 19.3. The predicted octanol–water partition coefficient (Wildman–Crippen LogP) is 5.08. The van der Waals surface area contributed by atoms with Gasteiger partial charge < -0.3 is 15.2 Å². The second kappa shape index (κ2) is 9.56. The van der Waals surface area contributed by atoms with Gasteiger partial charge in [-0.2, -0.15) is 0 Å². The van der Waals surface area contributed by atoms with Crippen LogP contribution in [0.5, 0.6) is 0 Å². The van der Waals surface area contributed by atoms with Crippen LogP contribution in [0.2, 0.25) is 0 Å². The number of aromatic nitrogens is 4. The molecule has 4 aromatic rings. The molecule has 9 heteroatoms. The number of imidazole rings is 1. The van der Waals surface area contributed by atoms with Crippen LogP contribution in [0.25, 0.3) is 5.69 Å². The number of alkyl halides is 2. The summed E-state index contributed by atoms with van der Waals surface area (Å²) < 4.78 is 28.9. The molecule has 0 radical (unpaired) electrons. The first kappa shape index (κ1) is 22.1. The van der Waals surface area contributed by atoms with Gasteiger partial charge in [-0.05, 0) is 55.3 Å². The van der Waals surface area contributed by atoms with Crippen LogP contribution >= 0.6 is 0 Å². The molecule has 7 nitrogen and oxygen atoms in total. The van der Waals surface area contributed by atoms with Gasteiger partial charge in [0.2, 0.25) is 0 Å². The Labute approximate surface area is 189 Å². The highest BCUT2D eigenvalue weighted by Crippen LogP contribution is 2.26. The van der Waals surface area contributed by atoms with E-state index in [-0.39, 0.29) is 17.7 Å². The Kier molecular flexibility index (Phi) is 6.39. The molecule has 4 rings (SSSR count). The molecular weight excluding hydrogens is 426 g/mol. The van der Waals surface area contributed by atoms with E-state index in [2.05, 4.69) is 25.6 Å². The molecule has 0 bridgehead atoms. The van der Waals surface area contributed by atoms with Gasteiger partial charge in [-0.1, -0.05) is 6.07 Å². The monoisotopic (exact) mass is 448 g/mol. The lowest BCUT2D eigenvalue weighted by atomic mass is 10.0. The van der Waals surface area contributed by atoms with Crippen molar-refractivity contribution in [3.63, 3.8) is 0 Å². The molecule has 0 saturated heterocycles. The van der Waals surface area contributed by atoms with E-state index in [0.29, 0.717) is 16.9 Å². The van der Waals surface area contributed by atoms with Gasteiger partial charge in [0.15, 0.2) is 0 Å². The van der Waals surface area contributed by atoms with Gasteiger partial charge >= 0.3 is 0 Å². The summed E-state index contributed by atoms with van der Waals surface area (Å²) in [5.74, 6) is -0.390. The number of rotatable bonds is 7. The molecule has 0 saturated carbocycles. The Morgan fingerprint density at radius 2 is 1.85 bits per heavy atom. The third-order valence-corrected chi connectivity index (χ3v) is 5.01. The lowest BCUT2D eigenvalue weighted by molar-refractivity contribution is 0.102. The zero-order valence-electron chi connectivity index (χ0n) is 18.1. The fourth-order valence-electron chi connectivity index (χ4n) is 3.45. The van der Waals surface area contributed by atoms with E-state index in [1.165, 1.54) is 24.5 Å². The van der Waals surface area contributed by atoms with E-state index < -0.39 is 12.3 Å². The van der Waals surface area contributed by atoms with E-state index >= 15 is 0 Å².